The van der Waals surface area contributed by atoms with Crippen LogP contribution in [-0.4, -0.2) is 19.1 Å². The average molecular weight is 331 g/mol. The van der Waals surface area contributed by atoms with E-state index in [4.69, 9.17) is 11.6 Å². The van der Waals surface area contributed by atoms with E-state index in [0.29, 0.717) is 16.3 Å². The molecule has 0 atom stereocenters. The SMILES string of the molecule is COC(=O)c1cccc(NC(=O)N/C=C/c2cccc(Cl)c2)c1. The first-order chi connectivity index (χ1) is 11.1. The van der Waals surface area contributed by atoms with Crippen LogP contribution in [0, 0.1) is 0 Å². The molecule has 5 nitrogen and oxygen atoms in total. The predicted molar refractivity (Wildman–Crippen MR) is 90.4 cm³/mol. The van der Waals surface area contributed by atoms with Crippen molar-refractivity contribution < 1.29 is 14.3 Å². The first-order valence-electron chi connectivity index (χ1n) is 6.76. The molecule has 2 aromatic carbocycles. The summed E-state index contributed by atoms with van der Waals surface area (Å²) in [7, 11) is 1.30. The van der Waals surface area contributed by atoms with Crippen LogP contribution >= 0.6 is 11.6 Å². The highest BCUT2D eigenvalue weighted by Gasteiger charge is 2.06. The van der Waals surface area contributed by atoms with Crippen molar-refractivity contribution >= 4 is 35.4 Å². The number of ether oxygens (including phenoxy) is 1. The van der Waals surface area contributed by atoms with Crippen molar-refractivity contribution in [3.63, 3.8) is 0 Å². The number of carbonyl (C=O) groups is 2. The number of amides is 2. The lowest BCUT2D eigenvalue weighted by Gasteiger charge is -2.06. The van der Waals surface area contributed by atoms with E-state index in [0.717, 1.165) is 5.56 Å². The summed E-state index contributed by atoms with van der Waals surface area (Å²) in [5.41, 5.74) is 1.71. The van der Waals surface area contributed by atoms with Gasteiger partial charge in [-0.25, -0.2) is 9.59 Å². The molecule has 23 heavy (non-hydrogen) atoms. The summed E-state index contributed by atoms with van der Waals surface area (Å²) >= 11 is 5.87. The van der Waals surface area contributed by atoms with E-state index in [1.165, 1.54) is 19.4 Å². The van der Waals surface area contributed by atoms with Crippen molar-refractivity contribution in [1.29, 1.82) is 0 Å². The van der Waals surface area contributed by atoms with Gasteiger partial charge in [0.15, 0.2) is 0 Å². The summed E-state index contributed by atoms with van der Waals surface area (Å²) in [5.74, 6) is -0.463. The van der Waals surface area contributed by atoms with Gasteiger partial charge in [-0.05, 0) is 42.0 Å². The minimum atomic E-state index is -0.463. The minimum Gasteiger partial charge on any atom is -0.465 e. The lowest BCUT2D eigenvalue weighted by molar-refractivity contribution is 0.0600. The zero-order valence-electron chi connectivity index (χ0n) is 12.4. The molecule has 0 saturated heterocycles. The van der Waals surface area contributed by atoms with Crippen LogP contribution in [0.15, 0.2) is 54.7 Å². The van der Waals surface area contributed by atoms with Gasteiger partial charge in [0.2, 0.25) is 0 Å². The number of halogens is 1. The van der Waals surface area contributed by atoms with Gasteiger partial charge in [-0.1, -0.05) is 29.8 Å². The summed E-state index contributed by atoms with van der Waals surface area (Å²) in [6.45, 7) is 0. The Bertz CT molecular complexity index is 744. The molecule has 0 aromatic heterocycles. The zero-order valence-corrected chi connectivity index (χ0v) is 13.1. The van der Waals surface area contributed by atoms with Crippen molar-refractivity contribution in [3.05, 3.63) is 70.9 Å². The molecule has 0 aliphatic heterocycles. The fourth-order valence-corrected chi connectivity index (χ4v) is 2.03. The highest BCUT2D eigenvalue weighted by molar-refractivity contribution is 6.30. The maximum absolute atomic E-state index is 11.8. The van der Waals surface area contributed by atoms with E-state index in [-0.39, 0.29) is 0 Å². The van der Waals surface area contributed by atoms with Gasteiger partial charge in [0.05, 0.1) is 12.7 Å². The number of rotatable bonds is 4. The number of hydrogen-bond donors (Lipinski definition) is 2. The third kappa shape index (κ3) is 5.16. The van der Waals surface area contributed by atoms with Crippen LogP contribution in [0.3, 0.4) is 0 Å². The normalized spacial score (nSPS) is 10.3. The van der Waals surface area contributed by atoms with Crippen LogP contribution < -0.4 is 10.6 Å². The molecular weight excluding hydrogens is 316 g/mol. The number of nitrogens with one attached hydrogen (secondary N) is 2. The van der Waals surface area contributed by atoms with Gasteiger partial charge >= 0.3 is 12.0 Å². The van der Waals surface area contributed by atoms with E-state index in [9.17, 15) is 9.59 Å². The van der Waals surface area contributed by atoms with Gasteiger partial charge in [0.1, 0.15) is 0 Å². The fraction of sp³-hybridized carbons (Fsp3) is 0.0588. The largest absolute Gasteiger partial charge is 0.465 e. The number of carbonyl (C=O) groups excluding carboxylic acids is 2. The number of anilines is 1. The summed E-state index contributed by atoms with van der Waals surface area (Å²) < 4.78 is 4.63. The second-order valence-corrected chi connectivity index (χ2v) is 5.00. The minimum absolute atomic E-state index is 0.361. The Morgan fingerprint density at radius 1 is 1.13 bits per heavy atom. The number of methoxy groups -OCH3 is 1. The van der Waals surface area contributed by atoms with Crippen LogP contribution in [-0.2, 0) is 4.74 Å². The van der Waals surface area contributed by atoms with Crippen molar-refractivity contribution in [2.45, 2.75) is 0 Å². The molecule has 0 unspecified atom stereocenters. The molecule has 2 amide bonds. The smallest absolute Gasteiger partial charge is 0.337 e. The predicted octanol–water partition coefficient (Wildman–Crippen LogP) is 3.92. The van der Waals surface area contributed by atoms with Crippen molar-refractivity contribution in [2.75, 3.05) is 12.4 Å². The summed E-state index contributed by atoms with van der Waals surface area (Å²) in [4.78, 5) is 23.2. The first kappa shape index (κ1) is 16.6. The number of hydrogen-bond acceptors (Lipinski definition) is 3. The molecule has 0 aliphatic carbocycles. The Morgan fingerprint density at radius 2 is 1.91 bits per heavy atom. The van der Waals surface area contributed by atoms with Gasteiger partial charge in [-0.3, -0.25) is 0 Å². The third-order valence-electron chi connectivity index (χ3n) is 2.88. The van der Waals surface area contributed by atoms with Crippen LogP contribution in [0.25, 0.3) is 6.08 Å². The lowest BCUT2D eigenvalue weighted by atomic mass is 10.2. The molecule has 0 saturated carbocycles. The second kappa shape index (κ2) is 8.00. The van der Waals surface area contributed by atoms with Crippen molar-refractivity contribution in [3.8, 4) is 0 Å². The molecule has 2 rings (SSSR count). The maximum Gasteiger partial charge on any atom is 0.337 e. The van der Waals surface area contributed by atoms with Gasteiger partial charge in [-0.15, -0.1) is 0 Å². The highest BCUT2D eigenvalue weighted by Crippen LogP contribution is 2.12. The number of esters is 1. The molecule has 0 aliphatic rings. The molecular formula is C17H15ClN2O3. The van der Waals surface area contributed by atoms with Gasteiger partial charge < -0.3 is 15.4 Å². The van der Waals surface area contributed by atoms with Crippen molar-refractivity contribution in [1.82, 2.24) is 5.32 Å². The summed E-state index contributed by atoms with van der Waals surface area (Å²) in [5, 5.41) is 5.82. The van der Waals surface area contributed by atoms with Crippen LogP contribution in [0.2, 0.25) is 5.02 Å². The summed E-state index contributed by atoms with van der Waals surface area (Å²) in [6, 6.07) is 13.3. The van der Waals surface area contributed by atoms with E-state index in [2.05, 4.69) is 15.4 Å². The fourth-order valence-electron chi connectivity index (χ4n) is 1.83. The Hall–Kier alpha value is -2.79. The molecule has 0 radical (unpaired) electrons. The molecule has 6 heteroatoms. The Kier molecular flexibility index (Phi) is 5.77. The number of benzene rings is 2. The average Bonchev–Trinajstić information content (AvgIpc) is 2.54. The lowest BCUT2D eigenvalue weighted by Crippen LogP contribution is -2.23. The maximum atomic E-state index is 11.8. The van der Waals surface area contributed by atoms with E-state index < -0.39 is 12.0 Å². The molecule has 2 aromatic rings. The second-order valence-electron chi connectivity index (χ2n) is 4.56. The van der Waals surface area contributed by atoms with E-state index >= 15 is 0 Å². The van der Waals surface area contributed by atoms with Gasteiger partial charge in [-0.2, -0.15) is 0 Å². The topological polar surface area (TPSA) is 67.4 Å². The van der Waals surface area contributed by atoms with Crippen LogP contribution in [0.5, 0.6) is 0 Å². The quantitative estimate of drug-likeness (QED) is 0.835. The zero-order chi connectivity index (χ0) is 16.7. The van der Waals surface area contributed by atoms with Gasteiger partial charge in [0, 0.05) is 16.9 Å². The molecule has 2 N–H and O–H groups in total. The number of urea groups is 1. The molecule has 118 valence electrons. The van der Waals surface area contributed by atoms with Gasteiger partial charge in [0.25, 0.3) is 0 Å². The Labute approximate surface area is 138 Å². The van der Waals surface area contributed by atoms with E-state index in [1.807, 2.05) is 12.1 Å². The Balaban J connectivity index is 1.93. The molecule has 0 bridgehead atoms. The van der Waals surface area contributed by atoms with E-state index in [1.54, 1.807) is 36.4 Å². The Morgan fingerprint density at radius 3 is 2.65 bits per heavy atom. The highest BCUT2D eigenvalue weighted by atomic mass is 35.5. The summed E-state index contributed by atoms with van der Waals surface area (Å²) in [6.07, 6.45) is 3.22. The van der Waals surface area contributed by atoms with Crippen molar-refractivity contribution in [2.24, 2.45) is 0 Å². The van der Waals surface area contributed by atoms with Crippen LogP contribution in [0.4, 0.5) is 10.5 Å². The third-order valence-corrected chi connectivity index (χ3v) is 3.12. The molecule has 0 spiro atoms. The first-order valence-corrected chi connectivity index (χ1v) is 7.14. The molecule has 0 heterocycles. The monoisotopic (exact) mass is 330 g/mol. The standard InChI is InChI=1S/C17H15ClN2O3/c1-23-16(21)13-5-3-7-15(11-13)20-17(22)19-9-8-12-4-2-6-14(18)10-12/h2-11H,1H3,(H2,19,20,22)/b9-8+. The molecule has 0 fully saturated rings. The van der Waals surface area contributed by atoms with Crippen LogP contribution in [0.1, 0.15) is 15.9 Å².